The average molecular weight is 225 g/mol. The van der Waals surface area contributed by atoms with Gasteiger partial charge in [-0.1, -0.05) is 0 Å². The molecule has 1 atom stereocenters. The van der Waals surface area contributed by atoms with Crippen LogP contribution in [0.2, 0.25) is 0 Å². The molecule has 0 saturated carbocycles. The quantitative estimate of drug-likeness (QED) is 0.525. The first-order valence-corrected chi connectivity index (χ1v) is 4.87. The minimum atomic E-state index is -1.00. The molecule has 88 valence electrons. The third-order valence-electron chi connectivity index (χ3n) is 1.88. The molecule has 16 heavy (non-hydrogen) atoms. The van der Waals surface area contributed by atoms with Gasteiger partial charge in [0.1, 0.15) is 6.04 Å². The van der Waals surface area contributed by atoms with Crippen LogP contribution >= 0.6 is 0 Å². The van der Waals surface area contributed by atoms with Crippen LogP contribution in [0, 0.1) is 0 Å². The second kappa shape index (κ2) is 6.57. The van der Waals surface area contributed by atoms with Gasteiger partial charge in [0, 0.05) is 24.9 Å². The molecule has 1 aliphatic heterocycles. The van der Waals surface area contributed by atoms with Gasteiger partial charge in [-0.25, -0.2) is 4.98 Å². The van der Waals surface area contributed by atoms with Gasteiger partial charge in [-0.2, -0.15) is 0 Å². The fraction of sp³-hybridized carbons (Fsp3) is 0.444. The van der Waals surface area contributed by atoms with E-state index in [4.69, 9.17) is 10.8 Å². The first-order valence-electron chi connectivity index (χ1n) is 4.87. The van der Waals surface area contributed by atoms with Gasteiger partial charge in [0.05, 0.1) is 19.2 Å². The van der Waals surface area contributed by atoms with E-state index >= 15 is 0 Å². The number of rotatable bonds is 3. The van der Waals surface area contributed by atoms with Gasteiger partial charge in [0.25, 0.3) is 0 Å². The summed E-state index contributed by atoms with van der Waals surface area (Å²) in [7, 11) is 0. The molecule has 2 rings (SSSR count). The minimum absolute atomic E-state index is 0.287. The molecule has 1 aromatic rings. The molecule has 0 radical (unpaired) electrons. The van der Waals surface area contributed by atoms with Crippen LogP contribution in [-0.2, 0) is 11.2 Å². The smallest absolute Gasteiger partial charge is 0.320 e. The number of aromatic amines is 1. The molecule has 0 aliphatic carbocycles. The summed E-state index contributed by atoms with van der Waals surface area (Å²) in [5.74, 6) is -1.00. The zero-order chi connectivity index (χ0) is 11.8. The standard InChI is InChI=1S/C6H9N3O2.C3H6N2/c7-5(6(10)11)1-4-2-8-3-9-4;1-2-5-3-4-1/h2-3,5H,1,7H2,(H,8,9)(H,10,11);3H,1-2H2,(H,4,5). The Morgan fingerprint density at radius 3 is 2.88 bits per heavy atom. The molecule has 1 aliphatic rings. The summed E-state index contributed by atoms with van der Waals surface area (Å²) in [5, 5.41) is 11.4. The fourth-order valence-corrected chi connectivity index (χ4v) is 1.04. The monoisotopic (exact) mass is 225 g/mol. The number of nitrogens with two attached hydrogens (primary N) is 1. The highest BCUT2D eigenvalue weighted by Crippen LogP contribution is 1.95. The van der Waals surface area contributed by atoms with Crippen molar-refractivity contribution in [3.63, 3.8) is 0 Å². The number of hydrogen-bond donors (Lipinski definition) is 4. The van der Waals surface area contributed by atoms with Crippen LogP contribution in [0.15, 0.2) is 17.5 Å². The Labute approximate surface area is 92.8 Å². The van der Waals surface area contributed by atoms with Crippen molar-refractivity contribution in [2.75, 3.05) is 13.1 Å². The van der Waals surface area contributed by atoms with Crippen molar-refractivity contribution < 1.29 is 9.90 Å². The fourth-order valence-electron chi connectivity index (χ4n) is 1.04. The molecule has 0 fully saturated rings. The Morgan fingerprint density at radius 1 is 1.69 bits per heavy atom. The lowest BCUT2D eigenvalue weighted by molar-refractivity contribution is -0.138. The van der Waals surface area contributed by atoms with Gasteiger partial charge in [-0.15, -0.1) is 0 Å². The van der Waals surface area contributed by atoms with Crippen molar-refractivity contribution in [3.8, 4) is 0 Å². The van der Waals surface area contributed by atoms with E-state index in [0.29, 0.717) is 0 Å². The molecular weight excluding hydrogens is 210 g/mol. The highest BCUT2D eigenvalue weighted by molar-refractivity contribution is 5.73. The van der Waals surface area contributed by atoms with Crippen LogP contribution in [0.1, 0.15) is 5.69 Å². The number of imidazole rings is 1. The molecule has 0 aromatic carbocycles. The molecule has 0 bridgehead atoms. The lowest BCUT2D eigenvalue weighted by Crippen LogP contribution is -2.32. The number of aliphatic imine (C=N–C) groups is 1. The Kier molecular flexibility index (Phi) is 5.00. The number of hydrogen-bond acceptors (Lipinski definition) is 5. The number of nitrogens with zero attached hydrogens (tertiary/aromatic N) is 2. The zero-order valence-corrected chi connectivity index (χ0v) is 8.76. The Hall–Kier alpha value is -1.89. The van der Waals surface area contributed by atoms with Crippen molar-refractivity contribution in [2.24, 2.45) is 10.7 Å². The van der Waals surface area contributed by atoms with Crippen molar-refractivity contribution in [1.82, 2.24) is 15.3 Å². The van der Waals surface area contributed by atoms with E-state index in [2.05, 4.69) is 20.3 Å². The van der Waals surface area contributed by atoms with E-state index in [1.165, 1.54) is 6.33 Å². The number of aromatic nitrogens is 2. The number of aliphatic carboxylic acids is 1. The Bertz CT molecular complexity index is 330. The number of carboxylic acid groups (broad SMARTS) is 1. The number of carboxylic acids is 1. The number of H-pyrrole nitrogens is 1. The van der Waals surface area contributed by atoms with E-state index in [9.17, 15) is 4.79 Å². The van der Waals surface area contributed by atoms with Crippen molar-refractivity contribution >= 4 is 12.3 Å². The lowest BCUT2D eigenvalue weighted by atomic mass is 10.2. The maximum Gasteiger partial charge on any atom is 0.320 e. The van der Waals surface area contributed by atoms with E-state index in [0.717, 1.165) is 18.8 Å². The van der Waals surface area contributed by atoms with Gasteiger partial charge in [-0.3, -0.25) is 9.79 Å². The summed E-state index contributed by atoms with van der Waals surface area (Å²) in [6.45, 7) is 1.99. The maximum absolute atomic E-state index is 10.3. The summed E-state index contributed by atoms with van der Waals surface area (Å²) in [4.78, 5) is 20.6. The van der Waals surface area contributed by atoms with E-state index in [1.807, 2.05) is 0 Å². The lowest BCUT2D eigenvalue weighted by Gasteiger charge is -2.02. The topological polar surface area (TPSA) is 116 Å². The summed E-state index contributed by atoms with van der Waals surface area (Å²) >= 11 is 0. The Balaban J connectivity index is 0.000000212. The normalized spacial score (nSPS) is 14.8. The molecule has 0 amide bonds. The summed E-state index contributed by atoms with van der Waals surface area (Å²) in [6, 6.07) is -0.851. The molecule has 1 unspecified atom stereocenters. The van der Waals surface area contributed by atoms with Crippen LogP contribution in [0.5, 0.6) is 0 Å². The second-order valence-electron chi connectivity index (χ2n) is 3.22. The molecule has 0 saturated heterocycles. The predicted molar refractivity (Wildman–Crippen MR) is 59.3 cm³/mol. The maximum atomic E-state index is 10.3. The van der Waals surface area contributed by atoms with Gasteiger partial charge in [-0.05, 0) is 0 Å². The second-order valence-corrected chi connectivity index (χ2v) is 3.22. The van der Waals surface area contributed by atoms with Gasteiger partial charge in [0.2, 0.25) is 0 Å². The van der Waals surface area contributed by atoms with Crippen LogP contribution in [0.4, 0.5) is 0 Å². The van der Waals surface area contributed by atoms with Crippen molar-refractivity contribution in [3.05, 3.63) is 18.2 Å². The van der Waals surface area contributed by atoms with Gasteiger partial charge in [0.15, 0.2) is 0 Å². The van der Waals surface area contributed by atoms with Crippen molar-refractivity contribution in [1.29, 1.82) is 0 Å². The van der Waals surface area contributed by atoms with E-state index in [-0.39, 0.29) is 6.42 Å². The minimum Gasteiger partial charge on any atom is -0.480 e. The van der Waals surface area contributed by atoms with Crippen LogP contribution < -0.4 is 11.1 Å². The SMILES string of the molecule is C1=NCCN1.NC(Cc1cnc[nH]1)C(=O)O. The Morgan fingerprint density at radius 2 is 2.50 bits per heavy atom. The highest BCUT2D eigenvalue weighted by atomic mass is 16.4. The summed E-state index contributed by atoms with van der Waals surface area (Å²) in [6.07, 6.45) is 5.07. The molecule has 1 aromatic heterocycles. The molecular formula is C9H15N5O2. The van der Waals surface area contributed by atoms with Crippen LogP contribution in [0.25, 0.3) is 0 Å². The van der Waals surface area contributed by atoms with E-state index < -0.39 is 12.0 Å². The molecule has 5 N–H and O–H groups in total. The van der Waals surface area contributed by atoms with Gasteiger partial charge < -0.3 is 21.1 Å². The third kappa shape index (κ3) is 4.56. The summed E-state index contributed by atoms with van der Waals surface area (Å²) < 4.78 is 0. The molecule has 7 heteroatoms. The molecule has 7 nitrogen and oxygen atoms in total. The largest absolute Gasteiger partial charge is 0.480 e. The third-order valence-corrected chi connectivity index (χ3v) is 1.88. The zero-order valence-electron chi connectivity index (χ0n) is 8.76. The average Bonchev–Trinajstić information content (AvgIpc) is 2.92. The van der Waals surface area contributed by atoms with Crippen LogP contribution in [-0.4, -0.2) is 46.5 Å². The molecule has 0 spiro atoms. The summed E-state index contributed by atoms with van der Waals surface area (Å²) in [5.41, 5.74) is 6.00. The number of nitrogens with one attached hydrogen (secondary N) is 2. The molecule has 2 heterocycles. The van der Waals surface area contributed by atoms with Crippen molar-refractivity contribution in [2.45, 2.75) is 12.5 Å². The van der Waals surface area contributed by atoms with Crippen LogP contribution in [0.3, 0.4) is 0 Å². The predicted octanol–water partition coefficient (Wildman–Crippen LogP) is -1.02. The highest BCUT2D eigenvalue weighted by Gasteiger charge is 2.11. The number of carbonyl (C=O) groups is 1. The van der Waals surface area contributed by atoms with E-state index in [1.54, 1.807) is 12.5 Å². The van der Waals surface area contributed by atoms with Gasteiger partial charge >= 0.3 is 5.97 Å². The first-order chi connectivity index (χ1) is 7.70. The first kappa shape index (κ1) is 12.2.